The van der Waals surface area contributed by atoms with Gasteiger partial charge in [0.25, 0.3) is 0 Å². The van der Waals surface area contributed by atoms with E-state index in [9.17, 15) is 5.11 Å². The van der Waals surface area contributed by atoms with Crippen molar-refractivity contribution in [3.63, 3.8) is 0 Å². The van der Waals surface area contributed by atoms with Gasteiger partial charge in [-0.25, -0.2) is 4.98 Å². The summed E-state index contributed by atoms with van der Waals surface area (Å²) >= 11 is 6.28. The highest BCUT2D eigenvalue weighted by molar-refractivity contribution is 6.29. The zero-order valence-corrected chi connectivity index (χ0v) is 11.9. The summed E-state index contributed by atoms with van der Waals surface area (Å²) in [5.74, 6) is 0. The highest BCUT2D eigenvalue weighted by Crippen LogP contribution is 2.32. The Kier molecular flexibility index (Phi) is 3.47. The molecule has 0 amide bonds. The number of aliphatic hydroxyl groups excluding tert-OH is 1. The van der Waals surface area contributed by atoms with E-state index in [1.807, 2.05) is 53.8 Å². The molecule has 0 saturated heterocycles. The molecular formula is C16H15ClN2O. The molecule has 102 valence electrons. The number of rotatable bonds is 3. The summed E-state index contributed by atoms with van der Waals surface area (Å²) in [5, 5.41) is 10.9. The van der Waals surface area contributed by atoms with Crippen LogP contribution in [0.25, 0.3) is 16.9 Å². The minimum absolute atomic E-state index is 0.555. The van der Waals surface area contributed by atoms with Crippen LogP contribution in [-0.4, -0.2) is 14.5 Å². The van der Waals surface area contributed by atoms with E-state index < -0.39 is 6.10 Å². The van der Waals surface area contributed by atoms with E-state index in [-0.39, 0.29) is 0 Å². The van der Waals surface area contributed by atoms with Crippen molar-refractivity contribution in [2.24, 2.45) is 0 Å². The van der Waals surface area contributed by atoms with Crippen LogP contribution in [0.15, 0.2) is 48.5 Å². The van der Waals surface area contributed by atoms with Gasteiger partial charge in [-0.2, -0.15) is 0 Å². The topological polar surface area (TPSA) is 37.5 Å². The van der Waals surface area contributed by atoms with Gasteiger partial charge in [0.1, 0.15) is 10.8 Å². The van der Waals surface area contributed by atoms with E-state index in [2.05, 4.69) is 4.98 Å². The Hall–Kier alpha value is -1.84. The van der Waals surface area contributed by atoms with Crippen LogP contribution in [0.3, 0.4) is 0 Å². The van der Waals surface area contributed by atoms with Crippen LogP contribution in [0.2, 0.25) is 5.15 Å². The van der Waals surface area contributed by atoms with Gasteiger partial charge >= 0.3 is 0 Å². The van der Waals surface area contributed by atoms with E-state index in [0.29, 0.717) is 11.6 Å². The quantitative estimate of drug-likeness (QED) is 0.736. The SMILES string of the molecule is CCC(O)c1c(-c2ccccc2)nc2cccc(Cl)n12. The van der Waals surface area contributed by atoms with Crippen LogP contribution in [0.1, 0.15) is 25.1 Å². The first-order valence-corrected chi connectivity index (χ1v) is 7.00. The molecule has 2 aromatic heterocycles. The lowest BCUT2D eigenvalue weighted by Crippen LogP contribution is -2.03. The van der Waals surface area contributed by atoms with Crippen molar-refractivity contribution in [3.8, 4) is 11.3 Å². The van der Waals surface area contributed by atoms with Gasteiger partial charge in [-0.1, -0.05) is 54.9 Å². The minimum atomic E-state index is -0.597. The second-order valence-electron chi connectivity index (χ2n) is 4.68. The maximum absolute atomic E-state index is 10.4. The fourth-order valence-electron chi connectivity index (χ4n) is 2.38. The third-order valence-electron chi connectivity index (χ3n) is 3.38. The fourth-order valence-corrected chi connectivity index (χ4v) is 2.63. The third-order valence-corrected chi connectivity index (χ3v) is 3.68. The number of fused-ring (bicyclic) bond motifs is 1. The summed E-state index contributed by atoms with van der Waals surface area (Å²) in [4.78, 5) is 4.63. The molecule has 3 aromatic rings. The van der Waals surface area contributed by atoms with Crippen molar-refractivity contribution < 1.29 is 5.11 Å². The lowest BCUT2D eigenvalue weighted by Gasteiger charge is -2.11. The van der Waals surface area contributed by atoms with Crippen molar-refractivity contribution in [1.82, 2.24) is 9.38 Å². The highest BCUT2D eigenvalue weighted by Gasteiger charge is 2.20. The zero-order valence-electron chi connectivity index (χ0n) is 11.1. The summed E-state index contributed by atoms with van der Waals surface area (Å²) in [5.41, 5.74) is 3.26. The number of imidazole rings is 1. The Labute approximate surface area is 122 Å². The first-order valence-electron chi connectivity index (χ1n) is 6.62. The maximum atomic E-state index is 10.4. The van der Waals surface area contributed by atoms with E-state index in [0.717, 1.165) is 22.6 Å². The Balaban J connectivity index is 2.34. The van der Waals surface area contributed by atoms with Crippen LogP contribution in [0.4, 0.5) is 0 Å². The molecular weight excluding hydrogens is 272 g/mol. The van der Waals surface area contributed by atoms with Crippen LogP contribution in [0.5, 0.6) is 0 Å². The average Bonchev–Trinajstić information content (AvgIpc) is 2.88. The first-order chi connectivity index (χ1) is 9.72. The van der Waals surface area contributed by atoms with E-state index in [1.54, 1.807) is 6.07 Å². The summed E-state index contributed by atoms with van der Waals surface area (Å²) in [6.45, 7) is 1.94. The number of aromatic nitrogens is 2. The predicted octanol–water partition coefficient (Wildman–Crippen LogP) is 4.10. The number of aliphatic hydroxyl groups is 1. The summed E-state index contributed by atoms with van der Waals surface area (Å²) in [6, 6.07) is 15.4. The first kappa shape index (κ1) is 13.2. The minimum Gasteiger partial charge on any atom is -0.387 e. The van der Waals surface area contributed by atoms with Gasteiger partial charge < -0.3 is 5.11 Å². The molecule has 1 N–H and O–H groups in total. The molecule has 0 radical (unpaired) electrons. The summed E-state index contributed by atoms with van der Waals surface area (Å²) < 4.78 is 1.82. The average molecular weight is 287 g/mol. The summed E-state index contributed by atoms with van der Waals surface area (Å²) in [7, 11) is 0. The zero-order chi connectivity index (χ0) is 14.1. The molecule has 2 heterocycles. The molecule has 0 spiro atoms. The molecule has 0 fully saturated rings. The number of pyridine rings is 1. The highest BCUT2D eigenvalue weighted by atomic mass is 35.5. The summed E-state index contributed by atoms with van der Waals surface area (Å²) in [6.07, 6.45) is 0.0128. The predicted molar refractivity (Wildman–Crippen MR) is 80.9 cm³/mol. The third kappa shape index (κ3) is 2.09. The molecule has 1 aromatic carbocycles. The van der Waals surface area contributed by atoms with Gasteiger partial charge in [-0.3, -0.25) is 4.40 Å². The van der Waals surface area contributed by atoms with Gasteiger partial charge in [0.2, 0.25) is 0 Å². The number of hydrogen-bond acceptors (Lipinski definition) is 2. The second kappa shape index (κ2) is 5.27. The molecule has 1 unspecified atom stereocenters. The molecule has 4 heteroatoms. The Morgan fingerprint density at radius 1 is 1.15 bits per heavy atom. The van der Waals surface area contributed by atoms with Gasteiger partial charge in [0.15, 0.2) is 0 Å². The standard InChI is InChI=1S/C16H15ClN2O/c1-2-12(20)16-15(11-7-4-3-5-8-11)18-14-10-6-9-13(17)19(14)16/h3-10,12,20H,2H2,1H3. The van der Waals surface area contributed by atoms with Gasteiger partial charge in [-0.15, -0.1) is 0 Å². The second-order valence-corrected chi connectivity index (χ2v) is 5.07. The van der Waals surface area contributed by atoms with Crippen LogP contribution >= 0.6 is 11.6 Å². The molecule has 0 aliphatic heterocycles. The lowest BCUT2D eigenvalue weighted by atomic mass is 10.1. The van der Waals surface area contributed by atoms with E-state index in [4.69, 9.17) is 11.6 Å². The Morgan fingerprint density at radius 3 is 2.60 bits per heavy atom. The number of nitrogens with zero attached hydrogens (tertiary/aromatic N) is 2. The Morgan fingerprint density at radius 2 is 1.90 bits per heavy atom. The number of benzene rings is 1. The largest absolute Gasteiger partial charge is 0.387 e. The van der Waals surface area contributed by atoms with Gasteiger partial charge in [0, 0.05) is 5.56 Å². The molecule has 0 aliphatic rings. The molecule has 20 heavy (non-hydrogen) atoms. The normalized spacial score (nSPS) is 12.8. The molecule has 0 bridgehead atoms. The lowest BCUT2D eigenvalue weighted by molar-refractivity contribution is 0.168. The fraction of sp³-hybridized carbons (Fsp3) is 0.188. The number of halogens is 1. The van der Waals surface area contributed by atoms with Crippen molar-refractivity contribution in [2.75, 3.05) is 0 Å². The monoisotopic (exact) mass is 286 g/mol. The van der Waals surface area contributed by atoms with Crippen molar-refractivity contribution in [1.29, 1.82) is 0 Å². The molecule has 3 rings (SSSR count). The number of hydrogen-bond donors (Lipinski definition) is 1. The van der Waals surface area contributed by atoms with E-state index >= 15 is 0 Å². The van der Waals surface area contributed by atoms with Gasteiger partial charge in [-0.05, 0) is 18.6 Å². The van der Waals surface area contributed by atoms with Crippen LogP contribution in [0, 0.1) is 0 Å². The van der Waals surface area contributed by atoms with Crippen molar-refractivity contribution in [2.45, 2.75) is 19.4 Å². The van der Waals surface area contributed by atoms with Crippen molar-refractivity contribution in [3.05, 3.63) is 59.4 Å². The van der Waals surface area contributed by atoms with Gasteiger partial charge in [0.05, 0.1) is 17.5 Å². The molecule has 1 atom stereocenters. The molecule has 3 nitrogen and oxygen atoms in total. The molecule has 0 aliphatic carbocycles. The van der Waals surface area contributed by atoms with Crippen molar-refractivity contribution >= 4 is 17.2 Å². The maximum Gasteiger partial charge on any atom is 0.138 e. The molecule has 0 saturated carbocycles. The smallest absolute Gasteiger partial charge is 0.138 e. The van der Waals surface area contributed by atoms with E-state index in [1.165, 1.54) is 0 Å². The van der Waals surface area contributed by atoms with Crippen LogP contribution < -0.4 is 0 Å². The Bertz CT molecular complexity index is 737. The van der Waals surface area contributed by atoms with Crippen LogP contribution in [-0.2, 0) is 0 Å².